The maximum atomic E-state index is 14.5. The molecule has 15 nitrogen and oxygen atoms in total. The zero-order chi connectivity index (χ0) is 35.6. The van der Waals surface area contributed by atoms with Crippen molar-refractivity contribution in [1.29, 1.82) is 0 Å². The Hall–Kier alpha value is -4.04. The van der Waals surface area contributed by atoms with E-state index >= 15 is 0 Å². The molecule has 1 aromatic carbocycles. The van der Waals surface area contributed by atoms with Crippen molar-refractivity contribution in [3.8, 4) is 5.75 Å². The minimum absolute atomic E-state index is 0.0215. The van der Waals surface area contributed by atoms with Crippen molar-refractivity contribution in [2.24, 2.45) is 0 Å². The number of hydrogen-bond donors (Lipinski definition) is 2. The normalized spacial score (nSPS) is 25.3. The summed E-state index contributed by atoms with van der Waals surface area (Å²) in [6.07, 6.45) is 2.35. The Morgan fingerprint density at radius 2 is 1.74 bits per heavy atom. The number of rotatable bonds is 15. The summed E-state index contributed by atoms with van der Waals surface area (Å²) in [4.78, 5) is 42.6. The highest BCUT2D eigenvalue weighted by Crippen LogP contribution is 2.49. The summed E-state index contributed by atoms with van der Waals surface area (Å²) in [6, 6.07) is 9.53. The van der Waals surface area contributed by atoms with Crippen LogP contribution in [0.1, 0.15) is 89.8 Å². The molecule has 16 heteroatoms. The second-order valence-corrected chi connectivity index (χ2v) is 14.8. The molecular formula is C34H44N5O10P. The number of hydrogen-bond acceptors (Lipinski definition) is 13. The van der Waals surface area contributed by atoms with E-state index in [1.165, 1.54) is 17.8 Å². The number of carbonyl (C=O) groups is 3. The van der Waals surface area contributed by atoms with Gasteiger partial charge in [0.2, 0.25) is 0 Å². The molecule has 3 heterocycles. The van der Waals surface area contributed by atoms with Crippen molar-refractivity contribution in [2.45, 2.75) is 115 Å². The molecule has 2 saturated carbocycles. The van der Waals surface area contributed by atoms with E-state index in [0.717, 1.165) is 37.7 Å². The Morgan fingerprint density at radius 1 is 1.04 bits per heavy atom. The molecule has 0 amide bonds. The zero-order valence-corrected chi connectivity index (χ0v) is 29.5. The van der Waals surface area contributed by atoms with Crippen LogP contribution in [0.4, 0.5) is 5.82 Å². The lowest BCUT2D eigenvalue weighted by Crippen LogP contribution is -2.45. The molecule has 0 radical (unpaired) electrons. The number of esters is 3. The molecule has 1 unspecified atom stereocenters. The predicted molar refractivity (Wildman–Crippen MR) is 179 cm³/mol. The van der Waals surface area contributed by atoms with Gasteiger partial charge in [-0.05, 0) is 81.7 Å². The highest BCUT2D eigenvalue weighted by atomic mass is 31.2. The van der Waals surface area contributed by atoms with E-state index in [-0.39, 0.29) is 30.5 Å². The van der Waals surface area contributed by atoms with Gasteiger partial charge in [0.1, 0.15) is 41.4 Å². The van der Waals surface area contributed by atoms with Gasteiger partial charge >= 0.3 is 25.7 Å². The number of carbonyl (C=O) groups excluding carboxylic acids is 3. The van der Waals surface area contributed by atoms with E-state index in [9.17, 15) is 18.9 Å². The SMILES string of the molecule is CCC(=O)O[C@H]1[C@@H](OC(=O)CC)[C@](C)(c2ccc3c(N)ncnn23)O[C@@H]1COP(=O)(N[C@@H](C)C(=O)OC1CCC1)Oc1ccc(C2CC2)cc1. The number of anilines is 1. The van der Waals surface area contributed by atoms with Gasteiger partial charge in [0.15, 0.2) is 18.0 Å². The predicted octanol–water partition coefficient (Wildman–Crippen LogP) is 4.72. The molecule has 3 N–H and O–H groups in total. The van der Waals surface area contributed by atoms with Crippen LogP contribution in [0, 0.1) is 0 Å². The van der Waals surface area contributed by atoms with Gasteiger partial charge in [-0.15, -0.1) is 0 Å². The Labute approximate surface area is 290 Å². The number of ether oxygens (including phenoxy) is 4. The third-order valence-corrected chi connectivity index (χ3v) is 10.9. The van der Waals surface area contributed by atoms with Crippen LogP contribution in [0.15, 0.2) is 42.7 Å². The highest BCUT2D eigenvalue weighted by Gasteiger charge is 2.59. The van der Waals surface area contributed by atoms with Crippen molar-refractivity contribution in [1.82, 2.24) is 19.7 Å². The first kappa shape index (κ1) is 35.8. The summed E-state index contributed by atoms with van der Waals surface area (Å²) in [5.74, 6) is -0.788. The third-order valence-electron chi connectivity index (χ3n) is 9.30. The maximum absolute atomic E-state index is 14.5. The van der Waals surface area contributed by atoms with Gasteiger partial charge in [-0.3, -0.25) is 18.9 Å². The van der Waals surface area contributed by atoms with Crippen LogP contribution in [0.25, 0.3) is 5.52 Å². The third kappa shape index (κ3) is 7.65. The molecule has 3 fully saturated rings. The average molecular weight is 714 g/mol. The van der Waals surface area contributed by atoms with E-state index in [1.807, 2.05) is 12.1 Å². The van der Waals surface area contributed by atoms with Crippen LogP contribution >= 0.6 is 7.75 Å². The Kier molecular flexibility index (Phi) is 10.5. The molecule has 270 valence electrons. The Morgan fingerprint density at radius 3 is 2.38 bits per heavy atom. The molecule has 1 saturated heterocycles. The van der Waals surface area contributed by atoms with Crippen molar-refractivity contribution in [3.05, 3.63) is 54.0 Å². The Balaban J connectivity index is 1.30. The van der Waals surface area contributed by atoms with Crippen LogP contribution in [0.2, 0.25) is 0 Å². The van der Waals surface area contributed by atoms with E-state index in [2.05, 4.69) is 15.2 Å². The molecular weight excluding hydrogens is 669 g/mol. The number of aromatic nitrogens is 3. The lowest BCUT2D eigenvalue weighted by atomic mass is 9.92. The summed E-state index contributed by atoms with van der Waals surface area (Å²) in [7, 11) is -4.35. The van der Waals surface area contributed by atoms with Gasteiger partial charge in [-0.2, -0.15) is 10.2 Å². The molecule has 50 heavy (non-hydrogen) atoms. The second kappa shape index (κ2) is 14.7. The molecule has 2 aromatic heterocycles. The first-order valence-electron chi connectivity index (χ1n) is 17.1. The number of benzene rings is 1. The molecule has 1 aliphatic heterocycles. The van der Waals surface area contributed by atoms with E-state index in [0.29, 0.717) is 17.1 Å². The van der Waals surface area contributed by atoms with Crippen molar-refractivity contribution in [2.75, 3.05) is 12.3 Å². The van der Waals surface area contributed by atoms with Crippen molar-refractivity contribution < 1.29 is 46.9 Å². The first-order chi connectivity index (χ1) is 23.9. The van der Waals surface area contributed by atoms with E-state index in [1.54, 1.807) is 45.0 Å². The lowest BCUT2D eigenvalue weighted by molar-refractivity contribution is -0.170. The molecule has 6 atom stereocenters. The monoisotopic (exact) mass is 713 g/mol. The van der Waals surface area contributed by atoms with Crippen LogP contribution < -0.4 is 15.3 Å². The number of fused-ring (bicyclic) bond motifs is 1. The molecule has 2 aliphatic carbocycles. The summed E-state index contributed by atoms with van der Waals surface area (Å²) >= 11 is 0. The minimum atomic E-state index is -4.35. The average Bonchev–Trinajstić information content (AvgIpc) is 3.77. The molecule has 3 aliphatic rings. The fourth-order valence-corrected chi connectivity index (χ4v) is 7.56. The number of nitrogens with two attached hydrogens (primary N) is 1. The van der Waals surface area contributed by atoms with Crippen molar-refractivity contribution in [3.63, 3.8) is 0 Å². The van der Waals surface area contributed by atoms with Gasteiger partial charge in [0.05, 0.1) is 12.3 Å². The van der Waals surface area contributed by atoms with E-state index in [4.69, 9.17) is 33.7 Å². The van der Waals surface area contributed by atoms with Gasteiger partial charge in [0, 0.05) is 12.8 Å². The molecule has 6 rings (SSSR count). The molecule has 0 spiro atoms. The summed E-state index contributed by atoms with van der Waals surface area (Å²) in [6.45, 7) is 5.98. The van der Waals surface area contributed by atoms with Crippen LogP contribution in [-0.4, -0.2) is 69.6 Å². The van der Waals surface area contributed by atoms with E-state index < -0.39 is 62.2 Å². The number of nitrogens with zero attached hydrogens (tertiary/aromatic N) is 3. The van der Waals surface area contributed by atoms with Gasteiger partial charge in [-0.25, -0.2) is 14.1 Å². The fraction of sp³-hybridized carbons (Fsp3) is 0.559. The maximum Gasteiger partial charge on any atom is 0.459 e. The second-order valence-electron chi connectivity index (χ2n) is 13.1. The smallest absolute Gasteiger partial charge is 0.459 e. The standard InChI is InChI=1S/C34H44N5O10P/c1-5-28(40)46-30-26(48-34(4,31(30)47-29(41)6-2)27-17-16-25-32(35)36-19-37-39(25)27)18-44-50(43,38-20(3)33(42)45-23-8-7-9-23)49-24-14-12-22(13-15-24)21-10-11-21/h12-17,19-21,23,26,30-31H,5-11,18H2,1-4H3,(H,38,43)(H2,35,36,37)/t20-,26+,30+,31+,34-,50?/m0/s1. The zero-order valence-electron chi connectivity index (χ0n) is 28.6. The van der Waals surface area contributed by atoms with Gasteiger partial charge in [0.25, 0.3) is 0 Å². The highest BCUT2D eigenvalue weighted by molar-refractivity contribution is 7.52. The van der Waals surface area contributed by atoms with Crippen LogP contribution in [-0.2, 0) is 48.0 Å². The summed E-state index contributed by atoms with van der Waals surface area (Å²) in [5.41, 5.74) is 6.68. The number of nitrogen functional groups attached to an aromatic ring is 1. The fourth-order valence-electron chi connectivity index (χ4n) is 6.06. The lowest BCUT2D eigenvalue weighted by Gasteiger charge is -2.31. The Bertz CT molecular complexity index is 1760. The topological polar surface area (TPSA) is 192 Å². The number of nitrogens with one attached hydrogen (secondary N) is 1. The van der Waals surface area contributed by atoms with Gasteiger partial charge < -0.3 is 29.2 Å². The van der Waals surface area contributed by atoms with Crippen LogP contribution in [0.5, 0.6) is 5.75 Å². The summed E-state index contributed by atoms with van der Waals surface area (Å²) in [5, 5.41) is 7.05. The van der Waals surface area contributed by atoms with Crippen molar-refractivity contribution >= 4 is 37.0 Å². The van der Waals surface area contributed by atoms with Gasteiger partial charge in [-0.1, -0.05) is 26.0 Å². The quantitative estimate of drug-likeness (QED) is 0.125. The van der Waals surface area contributed by atoms with Crippen LogP contribution in [0.3, 0.4) is 0 Å². The molecule has 0 bridgehead atoms. The minimum Gasteiger partial charge on any atom is -0.461 e. The summed E-state index contributed by atoms with van der Waals surface area (Å²) < 4.78 is 51.9. The molecule has 3 aromatic rings. The first-order valence-corrected chi connectivity index (χ1v) is 18.6. The largest absolute Gasteiger partial charge is 0.461 e.